The van der Waals surface area contributed by atoms with E-state index >= 15 is 0 Å². The van der Waals surface area contributed by atoms with Gasteiger partial charge in [0.2, 0.25) is 6.41 Å². The van der Waals surface area contributed by atoms with Gasteiger partial charge in [0.05, 0.1) is 0 Å². The van der Waals surface area contributed by atoms with Gasteiger partial charge in [-0.25, -0.2) is 4.79 Å². The SMILES string of the molecule is CC(C)(C)OC(=O)[C@H](Cc1ccc2c(c1)C(=O)NC2)NC=O. The summed E-state index contributed by atoms with van der Waals surface area (Å²) in [6.07, 6.45) is 0.753. The Balaban J connectivity index is 2.14. The number of esters is 1. The summed E-state index contributed by atoms with van der Waals surface area (Å²) in [5.74, 6) is -0.612. The lowest BCUT2D eigenvalue weighted by atomic mass is 10.0. The van der Waals surface area contributed by atoms with Crippen LogP contribution in [0.3, 0.4) is 0 Å². The molecule has 1 heterocycles. The minimum absolute atomic E-state index is 0.117. The quantitative estimate of drug-likeness (QED) is 0.626. The van der Waals surface area contributed by atoms with Crippen molar-refractivity contribution in [2.75, 3.05) is 0 Å². The molecule has 2 rings (SSSR count). The lowest BCUT2D eigenvalue weighted by molar-refractivity contribution is -0.158. The number of rotatable bonds is 5. The molecule has 1 aliphatic heterocycles. The fourth-order valence-electron chi connectivity index (χ4n) is 2.29. The Labute approximate surface area is 129 Å². The van der Waals surface area contributed by atoms with Crippen molar-refractivity contribution in [3.05, 3.63) is 34.9 Å². The molecule has 0 saturated heterocycles. The number of fused-ring (bicyclic) bond motifs is 1. The van der Waals surface area contributed by atoms with Crippen molar-refractivity contribution >= 4 is 18.3 Å². The summed E-state index contributed by atoms with van der Waals surface area (Å²) in [6, 6.07) is 4.68. The number of carbonyl (C=O) groups excluding carboxylic acids is 3. The van der Waals surface area contributed by atoms with Crippen LogP contribution in [0.1, 0.15) is 42.3 Å². The van der Waals surface area contributed by atoms with Crippen LogP contribution in [-0.2, 0) is 27.3 Å². The standard InChI is InChI=1S/C16H20N2O4/c1-16(2,3)22-15(21)13(18-9-19)7-10-4-5-11-8-17-14(20)12(11)6-10/h4-6,9,13H,7-8H2,1-3H3,(H,17,20)(H,18,19)/t13-/m0/s1. The van der Waals surface area contributed by atoms with E-state index < -0.39 is 17.6 Å². The van der Waals surface area contributed by atoms with Gasteiger partial charge in [-0.1, -0.05) is 12.1 Å². The van der Waals surface area contributed by atoms with E-state index in [0.717, 1.165) is 11.1 Å². The zero-order valence-corrected chi connectivity index (χ0v) is 12.9. The highest BCUT2D eigenvalue weighted by atomic mass is 16.6. The Morgan fingerprint density at radius 1 is 1.45 bits per heavy atom. The van der Waals surface area contributed by atoms with Crippen LogP contribution in [0.5, 0.6) is 0 Å². The molecule has 2 N–H and O–H groups in total. The van der Waals surface area contributed by atoms with Crippen LogP contribution in [-0.4, -0.2) is 29.9 Å². The summed E-state index contributed by atoms with van der Waals surface area (Å²) in [4.78, 5) is 34.5. The van der Waals surface area contributed by atoms with Crippen molar-refractivity contribution in [1.82, 2.24) is 10.6 Å². The van der Waals surface area contributed by atoms with Gasteiger partial charge < -0.3 is 15.4 Å². The number of hydrogen-bond acceptors (Lipinski definition) is 4. The Morgan fingerprint density at radius 3 is 2.82 bits per heavy atom. The van der Waals surface area contributed by atoms with E-state index in [4.69, 9.17) is 4.74 Å². The Hall–Kier alpha value is -2.37. The smallest absolute Gasteiger partial charge is 0.329 e. The molecule has 6 nitrogen and oxygen atoms in total. The van der Waals surface area contributed by atoms with Gasteiger partial charge in [0.25, 0.3) is 5.91 Å². The van der Waals surface area contributed by atoms with E-state index in [-0.39, 0.29) is 12.3 Å². The summed E-state index contributed by atoms with van der Waals surface area (Å²) in [7, 11) is 0. The minimum Gasteiger partial charge on any atom is -0.458 e. The second-order valence-electron chi connectivity index (χ2n) is 6.25. The molecule has 0 bridgehead atoms. The fraction of sp³-hybridized carbons (Fsp3) is 0.438. The second-order valence-corrected chi connectivity index (χ2v) is 6.25. The van der Waals surface area contributed by atoms with Gasteiger partial charge in [0, 0.05) is 18.5 Å². The molecule has 0 fully saturated rings. The highest BCUT2D eigenvalue weighted by molar-refractivity contribution is 5.98. The molecule has 1 aromatic carbocycles. The zero-order valence-electron chi connectivity index (χ0n) is 12.9. The first-order chi connectivity index (χ1) is 10.3. The van der Waals surface area contributed by atoms with E-state index in [2.05, 4.69) is 10.6 Å². The third-order valence-electron chi connectivity index (χ3n) is 3.26. The van der Waals surface area contributed by atoms with E-state index in [9.17, 15) is 14.4 Å². The van der Waals surface area contributed by atoms with Crippen molar-refractivity contribution in [2.45, 2.75) is 45.4 Å². The minimum atomic E-state index is -0.778. The molecular weight excluding hydrogens is 284 g/mol. The number of amides is 2. The number of benzene rings is 1. The maximum atomic E-state index is 12.1. The topological polar surface area (TPSA) is 84.5 Å². The summed E-state index contributed by atoms with van der Waals surface area (Å²) >= 11 is 0. The molecule has 1 aliphatic rings. The molecule has 0 radical (unpaired) electrons. The van der Waals surface area contributed by atoms with Gasteiger partial charge in [-0.2, -0.15) is 0 Å². The van der Waals surface area contributed by atoms with Crippen molar-refractivity contribution in [3.8, 4) is 0 Å². The van der Waals surface area contributed by atoms with Crippen LogP contribution in [0.15, 0.2) is 18.2 Å². The molecule has 22 heavy (non-hydrogen) atoms. The van der Waals surface area contributed by atoms with E-state index in [1.165, 1.54) is 0 Å². The van der Waals surface area contributed by atoms with Gasteiger partial charge in [-0.15, -0.1) is 0 Å². The molecule has 0 saturated carbocycles. The van der Waals surface area contributed by atoms with E-state index in [1.54, 1.807) is 26.8 Å². The predicted molar refractivity (Wildman–Crippen MR) is 80.1 cm³/mol. The Kier molecular flexibility index (Phi) is 4.49. The van der Waals surface area contributed by atoms with Crippen LogP contribution in [0, 0.1) is 0 Å². The highest BCUT2D eigenvalue weighted by Gasteiger charge is 2.26. The average molecular weight is 304 g/mol. The summed E-state index contributed by atoms with van der Waals surface area (Å²) in [5.41, 5.74) is 1.72. The van der Waals surface area contributed by atoms with Gasteiger partial charge in [0.1, 0.15) is 11.6 Å². The Morgan fingerprint density at radius 2 is 2.18 bits per heavy atom. The molecule has 1 atom stereocenters. The first kappa shape index (κ1) is 16.0. The average Bonchev–Trinajstić information content (AvgIpc) is 2.78. The summed E-state index contributed by atoms with van der Waals surface area (Å²) in [5, 5.41) is 5.22. The van der Waals surface area contributed by atoms with Crippen LogP contribution in [0.2, 0.25) is 0 Å². The maximum absolute atomic E-state index is 12.1. The van der Waals surface area contributed by atoms with Crippen molar-refractivity contribution in [3.63, 3.8) is 0 Å². The fourth-order valence-corrected chi connectivity index (χ4v) is 2.29. The first-order valence-electron chi connectivity index (χ1n) is 7.13. The molecule has 6 heteroatoms. The predicted octanol–water partition coefficient (Wildman–Crippen LogP) is 0.929. The van der Waals surface area contributed by atoms with Gasteiger partial charge >= 0.3 is 5.97 Å². The van der Waals surface area contributed by atoms with Gasteiger partial charge in [-0.3, -0.25) is 9.59 Å². The lowest BCUT2D eigenvalue weighted by Gasteiger charge is -2.23. The molecule has 118 valence electrons. The second kappa shape index (κ2) is 6.17. The molecule has 0 spiro atoms. The van der Waals surface area contributed by atoms with Gasteiger partial charge in [0.15, 0.2) is 0 Å². The van der Waals surface area contributed by atoms with Crippen molar-refractivity contribution < 1.29 is 19.1 Å². The number of nitrogens with one attached hydrogen (secondary N) is 2. The van der Waals surface area contributed by atoms with Crippen molar-refractivity contribution in [1.29, 1.82) is 0 Å². The Bertz CT molecular complexity index is 605. The molecular formula is C16H20N2O4. The van der Waals surface area contributed by atoms with Crippen LogP contribution >= 0.6 is 0 Å². The highest BCUT2D eigenvalue weighted by Crippen LogP contribution is 2.19. The molecule has 0 aromatic heterocycles. The van der Waals surface area contributed by atoms with Crippen LogP contribution in [0.25, 0.3) is 0 Å². The molecule has 2 amide bonds. The molecule has 0 aliphatic carbocycles. The first-order valence-corrected chi connectivity index (χ1v) is 7.13. The zero-order chi connectivity index (χ0) is 16.3. The van der Waals surface area contributed by atoms with E-state index in [0.29, 0.717) is 18.5 Å². The summed E-state index contributed by atoms with van der Waals surface area (Å²) in [6.45, 7) is 5.82. The van der Waals surface area contributed by atoms with Crippen LogP contribution in [0.4, 0.5) is 0 Å². The largest absolute Gasteiger partial charge is 0.458 e. The number of hydrogen-bond donors (Lipinski definition) is 2. The lowest BCUT2D eigenvalue weighted by Crippen LogP contribution is -2.42. The van der Waals surface area contributed by atoms with Crippen molar-refractivity contribution in [2.24, 2.45) is 0 Å². The number of ether oxygens (including phenoxy) is 1. The van der Waals surface area contributed by atoms with Gasteiger partial charge in [-0.05, 0) is 38.0 Å². The third-order valence-corrected chi connectivity index (χ3v) is 3.26. The van der Waals surface area contributed by atoms with E-state index in [1.807, 2.05) is 12.1 Å². The van der Waals surface area contributed by atoms with Crippen LogP contribution < -0.4 is 10.6 Å². The summed E-state index contributed by atoms with van der Waals surface area (Å²) < 4.78 is 5.30. The monoisotopic (exact) mass is 304 g/mol. The number of carbonyl (C=O) groups is 3. The molecule has 1 aromatic rings. The maximum Gasteiger partial charge on any atom is 0.329 e. The molecule has 0 unspecified atom stereocenters. The normalized spacial score (nSPS) is 14.8. The third kappa shape index (κ3) is 3.84.